The van der Waals surface area contributed by atoms with Gasteiger partial charge < -0.3 is 10.1 Å². The molecule has 0 saturated carbocycles. The molecule has 1 heterocycles. The number of hydrogen-bond donors (Lipinski definition) is 2. The Kier molecular flexibility index (Phi) is 6.68. The lowest BCUT2D eigenvalue weighted by Crippen LogP contribution is -2.34. The van der Waals surface area contributed by atoms with E-state index in [2.05, 4.69) is 20.8 Å². The van der Waals surface area contributed by atoms with Gasteiger partial charge in [0.1, 0.15) is 23.4 Å². The van der Waals surface area contributed by atoms with Crippen LogP contribution in [-0.2, 0) is 6.61 Å². The fraction of sp³-hybridized carbons (Fsp3) is 0.0714. The fourth-order valence-electron chi connectivity index (χ4n) is 3.57. The van der Waals surface area contributed by atoms with Crippen molar-refractivity contribution in [3.05, 3.63) is 114 Å². The van der Waals surface area contributed by atoms with Crippen molar-refractivity contribution in [3.63, 3.8) is 0 Å². The molecule has 0 unspecified atom stereocenters. The first kappa shape index (κ1) is 23.2. The highest BCUT2D eigenvalue weighted by Gasteiger charge is 2.10. The van der Waals surface area contributed by atoms with E-state index < -0.39 is 0 Å². The molecule has 1 amide bonds. The van der Waals surface area contributed by atoms with Crippen LogP contribution in [0.3, 0.4) is 0 Å². The van der Waals surface area contributed by atoms with Gasteiger partial charge in [-0.3, -0.25) is 10.1 Å². The number of hydrogen-bond acceptors (Lipinski definition) is 5. The molecule has 178 valence electrons. The molecule has 8 heteroatoms. The number of aryl methyl sites for hydroxylation is 1. The van der Waals surface area contributed by atoms with Crippen molar-refractivity contribution in [2.45, 2.75) is 13.5 Å². The first-order valence-corrected chi connectivity index (χ1v) is 11.8. The zero-order valence-corrected chi connectivity index (χ0v) is 20.3. The van der Waals surface area contributed by atoms with Crippen molar-refractivity contribution in [1.29, 1.82) is 0 Å². The van der Waals surface area contributed by atoms with Gasteiger partial charge in [-0.1, -0.05) is 48.0 Å². The number of thiocarbonyl (C=S) groups is 1. The predicted octanol–water partition coefficient (Wildman–Crippen LogP) is 5.43. The first-order chi connectivity index (χ1) is 17.5. The van der Waals surface area contributed by atoms with E-state index in [9.17, 15) is 4.79 Å². The zero-order valence-electron chi connectivity index (χ0n) is 19.5. The van der Waals surface area contributed by atoms with E-state index >= 15 is 0 Å². The molecule has 5 aromatic rings. The third kappa shape index (κ3) is 5.56. The van der Waals surface area contributed by atoms with E-state index in [4.69, 9.17) is 17.0 Å². The molecule has 5 rings (SSSR count). The summed E-state index contributed by atoms with van der Waals surface area (Å²) in [4.78, 5) is 14.2. The topological polar surface area (TPSA) is 81.1 Å². The van der Waals surface area contributed by atoms with Crippen LogP contribution in [-0.4, -0.2) is 26.0 Å². The number of rotatable bonds is 6. The number of anilines is 1. The second-order valence-electron chi connectivity index (χ2n) is 8.24. The third-order valence-corrected chi connectivity index (χ3v) is 5.70. The second kappa shape index (κ2) is 10.4. The number of fused-ring (bicyclic) bond motifs is 1. The van der Waals surface area contributed by atoms with Gasteiger partial charge in [0.15, 0.2) is 5.11 Å². The summed E-state index contributed by atoms with van der Waals surface area (Å²) in [5, 5.41) is 15.0. The molecule has 36 heavy (non-hydrogen) atoms. The van der Waals surface area contributed by atoms with Gasteiger partial charge in [0.25, 0.3) is 5.91 Å². The monoisotopic (exact) mass is 493 g/mol. The molecule has 0 atom stereocenters. The molecule has 0 bridgehead atoms. The lowest BCUT2D eigenvalue weighted by atomic mass is 10.2. The number of nitrogens with one attached hydrogen (secondary N) is 2. The maximum atomic E-state index is 12.6. The molecule has 7 nitrogen and oxygen atoms in total. The van der Waals surface area contributed by atoms with E-state index in [1.54, 1.807) is 29.1 Å². The molecule has 0 spiro atoms. The summed E-state index contributed by atoms with van der Waals surface area (Å²) in [6.07, 6.45) is 0. The maximum Gasteiger partial charge on any atom is 0.257 e. The highest BCUT2D eigenvalue weighted by molar-refractivity contribution is 7.80. The van der Waals surface area contributed by atoms with E-state index in [0.717, 1.165) is 16.8 Å². The Balaban J connectivity index is 1.18. The minimum Gasteiger partial charge on any atom is -0.489 e. The van der Waals surface area contributed by atoms with E-state index in [1.807, 2.05) is 79.7 Å². The summed E-state index contributed by atoms with van der Waals surface area (Å²) in [5.41, 5.74) is 5.77. The van der Waals surface area contributed by atoms with Crippen molar-refractivity contribution in [3.8, 4) is 11.4 Å². The van der Waals surface area contributed by atoms with Crippen molar-refractivity contribution in [1.82, 2.24) is 20.3 Å². The van der Waals surface area contributed by atoms with Gasteiger partial charge in [0.2, 0.25) is 0 Å². The Morgan fingerprint density at radius 3 is 2.36 bits per heavy atom. The molecule has 0 aliphatic carbocycles. The van der Waals surface area contributed by atoms with Gasteiger partial charge in [0, 0.05) is 11.3 Å². The Labute approximate surface area is 213 Å². The van der Waals surface area contributed by atoms with Crippen LogP contribution < -0.4 is 15.4 Å². The SMILES string of the molecule is Cc1ccc(-n2nc3ccc(NC(=S)NC(=O)c4ccc(OCc5ccccc5)cc4)cc3n2)cc1. The number of ether oxygens (including phenoxy) is 1. The second-order valence-corrected chi connectivity index (χ2v) is 8.64. The molecule has 2 N–H and O–H groups in total. The number of carbonyl (C=O) groups excluding carboxylic acids is 1. The van der Waals surface area contributed by atoms with Gasteiger partial charge in [-0.25, -0.2) is 0 Å². The summed E-state index contributed by atoms with van der Waals surface area (Å²) < 4.78 is 5.77. The average molecular weight is 494 g/mol. The molecule has 0 aliphatic heterocycles. The molecule has 0 radical (unpaired) electrons. The molecule has 4 aromatic carbocycles. The number of aromatic nitrogens is 3. The van der Waals surface area contributed by atoms with Crippen molar-refractivity contribution < 1.29 is 9.53 Å². The largest absolute Gasteiger partial charge is 0.489 e. The number of benzene rings is 4. The molecule has 0 saturated heterocycles. The van der Waals surface area contributed by atoms with E-state index in [1.165, 1.54) is 5.56 Å². The lowest BCUT2D eigenvalue weighted by Gasteiger charge is -2.10. The minimum absolute atomic E-state index is 0.190. The Hall–Kier alpha value is -4.56. The summed E-state index contributed by atoms with van der Waals surface area (Å²) in [7, 11) is 0. The van der Waals surface area contributed by atoms with Crippen LogP contribution in [0.15, 0.2) is 97.1 Å². The van der Waals surface area contributed by atoms with Crippen LogP contribution in [0.1, 0.15) is 21.5 Å². The van der Waals surface area contributed by atoms with E-state index in [0.29, 0.717) is 29.1 Å². The predicted molar refractivity (Wildman–Crippen MR) is 145 cm³/mol. The Bertz CT molecular complexity index is 1510. The van der Waals surface area contributed by atoms with Crippen LogP contribution in [0.4, 0.5) is 5.69 Å². The summed E-state index contributed by atoms with van der Waals surface area (Å²) in [6.45, 7) is 2.50. The first-order valence-electron chi connectivity index (χ1n) is 11.4. The van der Waals surface area contributed by atoms with Gasteiger partial charge >= 0.3 is 0 Å². The quantitative estimate of drug-likeness (QED) is 0.307. The van der Waals surface area contributed by atoms with Gasteiger partial charge in [-0.05, 0) is 79.3 Å². The van der Waals surface area contributed by atoms with Crippen LogP contribution >= 0.6 is 12.2 Å². The van der Waals surface area contributed by atoms with Crippen LogP contribution in [0.5, 0.6) is 5.75 Å². The molecular formula is C28H23N5O2S. The summed E-state index contributed by atoms with van der Waals surface area (Å²) in [6, 6.07) is 30.3. The molecule has 0 fully saturated rings. The summed E-state index contributed by atoms with van der Waals surface area (Å²) in [5.74, 6) is 0.372. The zero-order chi connectivity index (χ0) is 24.9. The lowest BCUT2D eigenvalue weighted by molar-refractivity contribution is 0.0977. The smallest absolute Gasteiger partial charge is 0.257 e. The fourth-order valence-corrected chi connectivity index (χ4v) is 3.78. The standard InChI is InChI=1S/C28H23N5O2S/c1-19-7-12-23(13-8-19)33-31-25-16-11-22(17-26(25)32-33)29-28(36)30-27(34)21-9-14-24(15-10-21)35-18-20-5-3-2-4-6-20/h2-17H,18H2,1H3,(H2,29,30,34,36). The average Bonchev–Trinajstić information content (AvgIpc) is 3.32. The minimum atomic E-state index is -0.312. The van der Waals surface area contributed by atoms with Gasteiger partial charge in [-0.2, -0.15) is 4.80 Å². The Morgan fingerprint density at radius 2 is 1.61 bits per heavy atom. The normalized spacial score (nSPS) is 10.7. The maximum absolute atomic E-state index is 12.6. The molecule has 0 aliphatic rings. The highest BCUT2D eigenvalue weighted by atomic mass is 32.1. The molecule has 1 aromatic heterocycles. The van der Waals surface area contributed by atoms with Gasteiger partial charge in [0.05, 0.1) is 5.69 Å². The Morgan fingerprint density at radius 1 is 0.889 bits per heavy atom. The van der Waals surface area contributed by atoms with Gasteiger partial charge in [-0.15, -0.1) is 10.2 Å². The number of carbonyl (C=O) groups is 1. The summed E-state index contributed by atoms with van der Waals surface area (Å²) >= 11 is 5.34. The molecular weight excluding hydrogens is 470 g/mol. The van der Waals surface area contributed by atoms with Crippen LogP contribution in [0.2, 0.25) is 0 Å². The van der Waals surface area contributed by atoms with Crippen LogP contribution in [0, 0.1) is 6.92 Å². The number of nitrogens with zero attached hydrogens (tertiary/aromatic N) is 3. The van der Waals surface area contributed by atoms with E-state index in [-0.39, 0.29) is 11.0 Å². The third-order valence-electron chi connectivity index (χ3n) is 5.50. The highest BCUT2D eigenvalue weighted by Crippen LogP contribution is 2.18. The van der Waals surface area contributed by atoms with Crippen molar-refractivity contribution in [2.24, 2.45) is 0 Å². The van der Waals surface area contributed by atoms with Crippen molar-refractivity contribution in [2.75, 3.05) is 5.32 Å². The van der Waals surface area contributed by atoms with Crippen LogP contribution in [0.25, 0.3) is 16.7 Å². The number of amides is 1. The van der Waals surface area contributed by atoms with Crippen molar-refractivity contribution >= 4 is 40.0 Å².